The Balaban J connectivity index is 1.57. The van der Waals surface area contributed by atoms with Gasteiger partial charge in [-0.1, -0.05) is 32.0 Å². The van der Waals surface area contributed by atoms with Gasteiger partial charge in [-0.15, -0.1) is 0 Å². The van der Waals surface area contributed by atoms with Crippen LogP contribution in [0.25, 0.3) is 0 Å². The topological polar surface area (TPSA) is 159 Å². The summed E-state index contributed by atoms with van der Waals surface area (Å²) in [6, 6.07) is 6.90. The molecule has 1 aromatic carbocycles. The number of rotatable bonds is 4. The molecule has 5 rings (SSSR count). The zero-order valence-corrected chi connectivity index (χ0v) is 24.1. The van der Waals surface area contributed by atoms with Gasteiger partial charge in [-0.3, -0.25) is 29.0 Å². The first-order valence-electron chi connectivity index (χ1n) is 14.2. The lowest BCUT2D eigenvalue weighted by atomic mass is 10.0. The van der Waals surface area contributed by atoms with E-state index in [0.717, 1.165) is 11.1 Å². The molecule has 1 fully saturated rings. The fraction of sp³-hybridized carbons (Fsp3) is 0.467. The summed E-state index contributed by atoms with van der Waals surface area (Å²) in [6.07, 6.45) is 4.49. The highest BCUT2D eigenvalue weighted by atomic mass is 16.5. The lowest BCUT2D eigenvalue weighted by molar-refractivity contribution is -0.143. The SMILES string of the molecule is CC(C)[C@H]1NC(=O)COc2ccc(cc2)C[C@H](C(=O)NCc2cccnc2)NC(=O)[C@H](C)NC(=O)[C@@H]2CCCN2C1=O. The molecule has 1 saturated heterocycles. The second-order valence-corrected chi connectivity index (χ2v) is 11.0. The van der Waals surface area contributed by atoms with E-state index >= 15 is 0 Å². The number of nitrogens with zero attached hydrogens (tertiary/aromatic N) is 2. The van der Waals surface area contributed by atoms with Gasteiger partial charge in [0.25, 0.3) is 5.91 Å². The van der Waals surface area contributed by atoms with Crippen LogP contribution in [0.3, 0.4) is 0 Å². The lowest BCUT2D eigenvalue weighted by Crippen LogP contribution is -2.58. The third-order valence-corrected chi connectivity index (χ3v) is 7.40. The van der Waals surface area contributed by atoms with Gasteiger partial charge in [0, 0.05) is 31.9 Å². The van der Waals surface area contributed by atoms with E-state index in [1.165, 1.54) is 11.8 Å². The molecule has 5 amide bonds. The van der Waals surface area contributed by atoms with Crippen LogP contribution in [0.2, 0.25) is 0 Å². The monoisotopic (exact) mass is 578 g/mol. The Morgan fingerprint density at radius 1 is 1.07 bits per heavy atom. The smallest absolute Gasteiger partial charge is 0.258 e. The summed E-state index contributed by atoms with van der Waals surface area (Å²) in [4.78, 5) is 71.4. The average molecular weight is 579 g/mol. The van der Waals surface area contributed by atoms with Crippen LogP contribution in [0.4, 0.5) is 0 Å². The van der Waals surface area contributed by atoms with Crippen LogP contribution in [-0.4, -0.2) is 76.7 Å². The number of pyridine rings is 1. The van der Waals surface area contributed by atoms with Crippen LogP contribution in [0, 0.1) is 5.92 Å². The van der Waals surface area contributed by atoms with Gasteiger partial charge < -0.3 is 30.9 Å². The minimum atomic E-state index is -0.970. The number of ether oxygens (including phenoxy) is 1. The molecule has 4 heterocycles. The summed E-state index contributed by atoms with van der Waals surface area (Å²) in [5.41, 5.74) is 1.55. The highest BCUT2D eigenvalue weighted by molar-refractivity contribution is 5.96. The van der Waals surface area contributed by atoms with Gasteiger partial charge in [0.05, 0.1) is 0 Å². The van der Waals surface area contributed by atoms with Crippen molar-refractivity contribution < 1.29 is 28.7 Å². The van der Waals surface area contributed by atoms with E-state index < -0.39 is 47.8 Å². The molecule has 4 atom stereocenters. The van der Waals surface area contributed by atoms with Gasteiger partial charge in [-0.2, -0.15) is 0 Å². The Bertz CT molecular complexity index is 1280. The second kappa shape index (κ2) is 13.9. The van der Waals surface area contributed by atoms with Gasteiger partial charge >= 0.3 is 0 Å². The molecule has 12 heteroatoms. The van der Waals surface area contributed by atoms with Crippen molar-refractivity contribution in [3.63, 3.8) is 0 Å². The van der Waals surface area contributed by atoms with Crippen molar-refractivity contribution in [2.45, 2.75) is 70.7 Å². The van der Waals surface area contributed by atoms with E-state index in [-0.39, 0.29) is 31.4 Å². The van der Waals surface area contributed by atoms with Gasteiger partial charge in [-0.25, -0.2) is 0 Å². The van der Waals surface area contributed by atoms with E-state index in [1.54, 1.807) is 42.7 Å². The van der Waals surface area contributed by atoms with Crippen molar-refractivity contribution in [3.05, 3.63) is 59.9 Å². The lowest BCUT2D eigenvalue weighted by Gasteiger charge is -2.31. The fourth-order valence-electron chi connectivity index (χ4n) is 5.01. The highest BCUT2D eigenvalue weighted by Gasteiger charge is 2.39. The Morgan fingerprint density at radius 3 is 2.52 bits per heavy atom. The molecule has 42 heavy (non-hydrogen) atoms. The summed E-state index contributed by atoms with van der Waals surface area (Å²) in [5.74, 6) is -2.02. The Hall–Kier alpha value is -4.48. The number of fused-ring (bicyclic) bond motifs is 13. The summed E-state index contributed by atoms with van der Waals surface area (Å²) >= 11 is 0. The zero-order chi connectivity index (χ0) is 30.2. The van der Waals surface area contributed by atoms with Crippen molar-refractivity contribution in [1.82, 2.24) is 31.2 Å². The second-order valence-electron chi connectivity index (χ2n) is 11.0. The average Bonchev–Trinajstić information content (AvgIpc) is 3.48. The van der Waals surface area contributed by atoms with Crippen molar-refractivity contribution >= 4 is 29.5 Å². The van der Waals surface area contributed by atoms with E-state index in [1.807, 2.05) is 19.9 Å². The number of benzene rings is 1. The van der Waals surface area contributed by atoms with Crippen molar-refractivity contribution in [2.75, 3.05) is 13.2 Å². The van der Waals surface area contributed by atoms with Crippen LogP contribution in [0.15, 0.2) is 48.8 Å². The van der Waals surface area contributed by atoms with Crippen molar-refractivity contribution in [2.24, 2.45) is 5.92 Å². The predicted molar refractivity (Wildman–Crippen MR) is 153 cm³/mol. The maximum atomic E-state index is 13.5. The quantitative estimate of drug-likeness (QED) is 0.410. The van der Waals surface area contributed by atoms with Gasteiger partial charge in [0.1, 0.15) is 29.9 Å². The van der Waals surface area contributed by atoms with Gasteiger partial charge in [0.15, 0.2) is 6.61 Å². The standard InChI is InChI=1S/C30H38N6O6/c1-18(2)26-30(41)36-13-5-7-24(36)29(40)33-19(3)27(38)34-23(28(39)32-16-21-6-4-12-31-15-21)14-20-8-10-22(11-9-20)42-17-25(37)35-26/h4,6,8-12,15,18-19,23-24,26H,5,7,13-14,16-17H2,1-3H3,(H,32,39)(H,33,40)(H,34,38)(H,35,37)/t19-,23+,24-,26+/m0/s1. The first-order chi connectivity index (χ1) is 20.1. The summed E-state index contributed by atoms with van der Waals surface area (Å²) < 4.78 is 5.64. The molecule has 1 aromatic heterocycles. The number of carbonyl (C=O) groups excluding carboxylic acids is 5. The molecule has 0 unspecified atom stereocenters. The van der Waals surface area contributed by atoms with E-state index in [2.05, 4.69) is 26.3 Å². The fourth-order valence-corrected chi connectivity index (χ4v) is 5.01. The minimum Gasteiger partial charge on any atom is -0.484 e. The van der Waals surface area contributed by atoms with Gasteiger partial charge in [0.2, 0.25) is 23.6 Å². The van der Waals surface area contributed by atoms with Crippen LogP contribution >= 0.6 is 0 Å². The number of hydrogen-bond acceptors (Lipinski definition) is 7. The first-order valence-corrected chi connectivity index (χ1v) is 14.2. The molecule has 4 N–H and O–H groups in total. The highest BCUT2D eigenvalue weighted by Crippen LogP contribution is 2.21. The maximum absolute atomic E-state index is 13.5. The Labute approximate surface area is 245 Å². The summed E-state index contributed by atoms with van der Waals surface area (Å²) in [6.45, 7) is 5.45. The third kappa shape index (κ3) is 7.83. The van der Waals surface area contributed by atoms with Crippen molar-refractivity contribution in [3.8, 4) is 5.75 Å². The Kier molecular flexibility index (Phi) is 10.1. The van der Waals surface area contributed by atoms with Crippen molar-refractivity contribution in [1.29, 1.82) is 0 Å². The Morgan fingerprint density at radius 2 is 1.83 bits per heavy atom. The molecule has 2 bridgehead atoms. The minimum absolute atomic E-state index is 0.174. The summed E-state index contributed by atoms with van der Waals surface area (Å²) in [5, 5.41) is 11.1. The maximum Gasteiger partial charge on any atom is 0.258 e. The van der Waals surface area contributed by atoms with E-state index in [9.17, 15) is 24.0 Å². The first kappa shape index (κ1) is 30.5. The molecule has 224 valence electrons. The summed E-state index contributed by atoms with van der Waals surface area (Å²) in [7, 11) is 0. The molecular formula is C30H38N6O6. The number of carbonyl (C=O) groups is 5. The molecule has 0 saturated carbocycles. The number of aromatic nitrogens is 1. The largest absolute Gasteiger partial charge is 0.484 e. The molecule has 0 radical (unpaired) electrons. The number of hydrogen-bond donors (Lipinski definition) is 4. The van der Waals surface area contributed by atoms with Crippen LogP contribution in [0.1, 0.15) is 44.7 Å². The predicted octanol–water partition coefficient (Wildman–Crippen LogP) is 0.454. The van der Waals surface area contributed by atoms with E-state index in [4.69, 9.17) is 4.74 Å². The molecular weight excluding hydrogens is 540 g/mol. The molecule has 12 nitrogen and oxygen atoms in total. The van der Waals surface area contributed by atoms with Crippen LogP contribution in [0.5, 0.6) is 5.75 Å². The molecule has 2 aromatic rings. The number of nitrogens with one attached hydrogen (secondary N) is 4. The van der Waals surface area contributed by atoms with Crippen LogP contribution < -0.4 is 26.0 Å². The molecule has 0 aliphatic carbocycles. The molecule has 3 aliphatic rings. The van der Waals surface area contributed by atoms with Crippen LogP contribution in [-0.2, 0) is 36.9 Å². The van der Waals surface area contributed by atoms with E-state index in [0.29, 0.717) is 25.1 Å². The third-order valence-electron chi connectivity index (χ3n) is 7.40. The number of amides is 5. The molecule has 3 aliphatic heterocycles. The molecule has 0 spiro atoms. The zero-order valence-electron chi connectivity index (χ0n) is 24.1. The normalized spacial score (nSPS) is 24.0. The van der Waals surface area contributed by atoms with Gasteiger partial charge in [-0.05, 0) is 55.0 Å².